The number of benzene rings is 1. The third-order valence-corrected chi connectivity index (χ3v) is 4.00. The smallest absolute Gasteiger partial charge is 0.358 e. The van der Waals surface area contributed by atoms with Crippen molar-refractivity contribution < 1.29 is 14.3 Å². The van der Waals surface area contributed by atoms with Crippen molar-refractivity contribution in [2.45, 2.75) is 0 Å². The van der Waals surface area contributed by atoms with E-state index in [-0.39, 0.29) is 34.0 Å². The molecule has 0 aliphatic heterocycles. The number of hydrogen-bond acceptors (Lipinski definition) is 4. The minimum Gasteiger partial charge on any atom is -0.490 e. The molecule has 22 heavy (non-hydrogen) atoms. The number of hydrogen-bond donors (Lipinski definition) is 0. The van der Waals surface area contributed by atoms with Crippen LogP contribution in [0.3, 0.4) is 0 Å². The molecular formula is C14H9Cl4NO3. The molecule has 0 spiro atoms. The highest BCUT2D eigenvalue weighted by Gasteiger charge is 2.18. The van der Waals surface area contributed by atoms with Crippen molar-refractivity contribution in [3.05, 3.63) is 56.2 Å². The van der Waals surface area contributed by atoms with Crippen LogP contribution in [0.1, 0.15) is 10.5 Å². The van der Waals surface area contributed by atoms with Crippen LogP contribution in [0.15, 0.2) is 30.5 Å². The Labute approximate surface area is 146 Å². The van der Waals surface area contributed by atoms with E-state index in [0.29, 0.717) is 10.8 Å². The summed E-state index contributed by atoms with van der Waals surface area (Å²) < 4.78 is 10.4. The zero-order valence-electron chi connectivity index (χ0n) is 11.0. The topological polar surface area (TPSA) is 48.4 Å². The molecule has 8 heteroatoms. The normalized spacial score (nSPS) is 10.4. The second-order valence-electron chi connectivity index (χ2n) is 4.02. The maximum atomic E-state index is 11.8. The molecule has 0 aliphatic carbocycles. The first kappa shape index (κ1) is 17.2. The van der Waals surface area contributed by atoms with E-state index in [4.69, 9.17) is 55.9 Å². The number of nitrogens with zero attached hydrogens (tertiary/aromatic N) is 1. The molecule has 0 bridgehead atoms. The van der Waals surface area contributed by atoms with Crippen molar-refractivity contribution in [3.63, 3.8) is 0 Å². The fourth-order valence-electron chi connectivity index (χ4n) is 1.48. The molecule has 0 radical (unpaired) electrons. The van der Waals surface area contributed by atoms with E-state index < -0.39 is 5.97 Å². The van der Waals surface area contributed by atoms with E-state index in [1.807, 2.05) is 0 Å². The zero-order chi connectivity index (χ0) is 16.1. The molecule has 0 N–H and O–H groups in total. The maximum absolute atomic E-state index is 11.8. The molecule has 0 fully saturated rings. The Morgan fingerprint density at radius 1 is 1.00 bits per heavy atom. The van der Waals surface area contributed by atoms with E-state index in [2.05, 4.69) is 4.98 Å². The van der Waals surface area contributed by atoms with Gasteiger partial charge in [-0.05, 0) is 24.3 Å². The van der Waals surface area contributed by atoms with Crippen molar-refractivity contribution in [1.29, 1.82) is 0 Å². The Balaban J connectivity index is 1.85. The molecule has 116 valence electrons. The van der Waals surface area contributed by atoms with Crippen LogP contribution in [0.25, 0.3) is 0 Å². The highest BCUT2D eigenvalue weighted by atomic mass is 35.5. The van der Waals surface area contributed by atoms with Gasteiger partial charge in [-0.15, -0.1) is 0 Å². The molecule has 0 unspecified atom stereocenters. The van der Waals surface area contributed by atoms with E-state index in [1.165, 1.54) is 6.20 Å². The minimum atomic E-state index is -0.705. The number of pyridine rings is 1. The molecule has 0 aliphatic rings. The van der Waals surface area contributed by atoms with E-state index in [9.17, 15) is 4.79 Å². The van der Waals surface area contributed by atoms with Crippen molar-refractivity contribution in [1.82, 2.24) is 4.98 Å². The first-order valence-corrected chi connectivity index (χ1v) is 7.55. The predicted octanol–water partition coefficient (Wildman–Crippen LogP) is 4.93. The van der Waals surface area contributed by atoms with Gasteiger partial charge in [0.05, 0.1) is 15.1 Å². The van der Waals surface area contributed by atoms with E-state index in [0.717, 1.165) is 0 Å². The Hall–Kier alpha value is -1.20. The van der Waals surface area contributed by atoms with Gasteiger partial charge in [0.1, 0.15) is 19.0 Å². The standard InChI is InChI=1S/C14H9Cl4NO3/c15-8-1-3-9(4-2-8)21-5-6-22-14(20)13-12(18)11(17)10(16)7-19-13/h1-4,7H,5-6H2. The molecule has 1 aromatic carbocycles. The summed E-state index contributed by atoms with van der Waals surface area (Å²) in [6.45, 7) is 0.200. The van der Waals surface area contributed by atoms with Crippen LogP contribution in [0.4, 0.5) is 0 Å². The van der Waals surface area contributed by atoms with Crippen LogP contribution in [-0.4, -0.2) is 24.2 Å². The molecule has 0 amide bonds. The summed E-state index contributed by atoms with van der Waals surface area (Å²) >= 11 is 23.2. The van der Waals surface area contributed by atoms with Gasteiger partial charge in [-0.3, -0.25) is 0 Å². The van der Waals surface area contributed by atoms with E-state index in [1.54, 1.807) is 24.3 Å². The van der Waals surface area contributed by atoms with Gasteiger partial charge in [0.25, 0.3) is 0 Å². The van der Waals surface area contributed by atoms with Crippen LogP contribution in [0, 0.1) is 0 Å². The number of rotatable bonds is 5. The number of ether oxygens (including phenoxy) is 2. The number of aromatic nitrogens is 1. The number of halogens is 4. The van der Waals surface area contributed by atoms with Crippen molar-refractivity contribution in [2.24, 2.45) is 0 Å². The van der Waals surface area contributed by atoms with Crippen LogP contribution in [0.2, 0.25) is 20.1 Å². The summed E-state index contributed by atoms with van der Waals surface area (Å²) in [6, 6.07) is 6.81. The van der Waals surface area contributed by atoms with E-state index >= 15 is 0 Å². The molecule has 2 aromatic rings. The minimum absolute atomic E-state index is 0.0275. The first-order chi connectivity index (χ1) is 10.5. The predicted molar refractivity (Wildman–Crippen MR) is 86.5 cm³/mol. The fourth-order valence-corrected chi connectivity index (χ4v) is 2.16. The summed E-state index contributed by atoms with van der Waals surface area (Å²) in [4.78, 5) is 15.6. The number of esters is 1. The second kappa shape index (κ2) is 7.88. The van der Waals surface area contributed by atoms with Crippen LogP contribution in [0.5, 0.6) is 5.75 Å². The van der Waals surface area contributed by atoms with Crippen molar-refractivity contribution >= 4 is 52.4 Å². The molecule has 4 nitrogen and oxygen atoms in total. The summed E-state index contributed by atoms with van der Waals surface area (Å²) in [5.74, 6) is -0.0885. The average molecular weight is 381 g/mol. The van der Waals surface area contributed by atoms with Gasteiger partial charge in [0, 0.05) is 11.2 Å². The van der Waals surface area contributed by atoms with Crippen LogP contribution in [-0.2, 0) is 4.74 Å². The second-order valence-corrected chi connectivity index (χ2v) is 5.62. The van der Waals surface area contributed by atoms with Gasteiger partial charge < -0.3 is 9.47 Å². The Kier molecular flexibility index (Phi) is 6.15. The molecule has 1 heterocycles. The number of carbonyl (C=O) groups is 1. The lowest BCUT2D eigenvalue weighted by molar-refractivity contribution is 0.0444. The lowest BCUT2D eigenvalue weighted by Crippen LogP contribution is -2.14. The summed E-state index contributed by atoms with van der Waals surface area (Å²) in [6.07, 6.45) is 1.23. The fraction of sp³-hybridized carbons (Fsp3) is 0.143. The molecular weight excluding hydrogens is 372 g/mol. The third-order valence-electron chi connectivity index (χ3n) is 2.51. The average Bonchev–Trinajstić information content (AvgIpc) is 2.51. The van der Waals surface area contributed by atoms with Crippen LogP contribution >= 0.6 is 46.4 Å². The SMILES string of the molecule is O=C(OCCOc1ccc(Cl)cc1)c1ncc(Cl)c(Cl)c1Cl. The van der Waals surface area contributed by atoms with Gasteiger partial charge in [-0.2, -0.15) is 0 Å². The highest BCUT2D eigenvalue weighted by molar-refractivity contribution is 6.48. The zero-order valence-corrected chi connectivity index (χ0v) is 14.0. The molecule has 0 saturated carbocycles. The summed E-state index contributed by atoms with van der Waals surface area (Å²) in [5.41, 5.74) is -0.0949. The number of carbonyl (C=O) groups excluding carboxylic acids is 1. The summed E-state index contributed by atoms with van der Waals surface area (Å²) in [7, 11) is 0. The quantitative estimate of drug-likeness (QED) is 0.545. The van der Waals surface area contributed by atoms with Crippen molar-refractivity contribution in [2.75, 3.05) is 13.2 Å². The van der Waals surface area contributed by atoms with Gasteiger partial charge in [-0.25, -0.2) is 9.78 Å². The lowest BCUT2D eigenvalue weighted by Gasteiger charge is -2.08. The maximum Gasteiger partial charge on any atom is 0.358 e. The third kappa shape index (κ3) is 4.40. The van der Waals surface area contributed by atoms with Crippen molar-refractivity contribution in [3.8, 4) is 5.75 Å². The Bertz CT molecular complexity index is 677. The molecule has 0 atom stereocenters. The van der Waals surface area contributed by atoms with Gasteiger partial charge in [0.15, 0.2) is 5.69 Å². The Morgan fingerprint density at radius 2 is 1.68 bits per heavy atom. The molecule has 2 rings (SSSR count). The first-order valence-electron chi connectivity index (χ1n) is 6.04. The molecule has 0 saturated heterocycles. The highest BCUT2D eigenvalue weighted by Crippen LogP contribution is 2.31. The Morgan fingerprint density at radius 3 is 2.36 bits per heavy atom. The lowest BCUT2D eigenvalue weighted by atomic mass is 10.3. The summed E-state index contributed by atoms with van der Waals surface area (Å²) in [5, 5.41) is 0.786. The largest absolute Gasteiger partial charge is 0.490 e. The monoisotopic (exact) mass is 379 g/mol. The van der Waals surface area contributed by atoms with Crippen LogP contribution < -0.4 is 4.74 Å². The van der Waals surface area contributed by atoms with Gasteiger partial charge >= 0.3 is 5.97 Å². The van der Waals surface area contributed by atoms with Gasteiger partial charge in [-0.1, -0.05) is 46.4 Å². The molecule has 1 aromatic heterocycles. The van der Waals surface area contributed by atoms with Gasteiger partial charge in [0.2, 0.25) is 0 Å².